The monoisotopic (exact) mass is 470 g/mol. The molecule has 0 amide bonds. The third kappa shape index (κ3) is 3.34. The summed E-state index contributed by atoms with van der Waals surface area (Å²) in [5.74, 6) is 11.4. The SMILES string of the molecule is CCC1CC(C)C(C)C2C(C)C3C(C)C4(C)C(C)C(C(C)C)C(C)C(CC)C4(C)CC3(C)CC12. The first-order valence-corrected chi connectivity index (χ1v) is 15.7. The predicted octanol–water partition coefficient (Wildman–Crippen LogP) is 10.2. The van der Waals surface area contributed by atoms with Crippen LogP contribution in [0, 0.1) is 93.2 Å². The lowest BCUT2D eigenvalue weighted by molar-refractivity contribution is -0.271. The van der Waals surface area contributed by atoms with E-state index < -0.39 is 0 Å². The summed E-state index contributed by atoms with van der Waals surface area (Å²) in [6.45, 7) is 34.5. The minimum atomic E-state index is 0.439. The van der Waals surface area contributed by atoms with Gasteiger partial charge in [-0.25, -0.2) is 0 Å². The van der Waals surface area contributed by atoms with Gasteiger partial charge in [0, 0.05) is 0 Å². The summed E-state index contributed by atoms with van der Waals surface area (Å²) in [5, 5.41) is 0. The molecule has 0 nitrogen and oxygen atoms in total. The third-order valence-electron chi connectivity index (χ3n) is 14.8. The Balaban J connectivity index is 1.84. The Labute approximate surface area is 215 Å². The van der Waals surface area contributed by atoms with Crippen molar-refractivity contribution in [3.63, 3.8) is 0 Å². The maximum absolute atomic E-state index is 2.80. The minimum absolute atomic E-state index is 0.439. The van der Waals surface area contributed by atoms with Crippen LogP contribution in [0.5, 0.6) is 0 Å². The zero-order chi connectivity index (χ0) is 25.5. The number of fused-ring (bicyclic) bond motifs is 3. The van der Waals surface area contributed by atoms with Crippen molar-refractivity contribution in [2.75, 3.05) is 0 Å². The molecule has 0 aromatic rings. The lowest BCUT2D eigenvalue weighted by Gasteiger charge is -2.75. The van der Waals surface area contributed by atoms with Crippen LogP contribution in [0.1, 0.15) is 122 Å². The van der Waals surface area contributed by atoms with Crippen LogP contribution in [0.3, 0.4) is 0 Å². The van der Waals surface area contributed by atoms with Crippen LogP contribution in [0.4, 0.5) is 0 Å². The van der Waals surface area contributed by atoms with Crippen LogP contribution >= 0.6 is 0 Å². The number of hydrogen-bond donors (Lipinski definition) is 0. The second kappa shape index (κ2) is 8.79. The van der Waals surface area contributed by atoms with Gasteiger partial charge in [-0.05, 0) is 112 Å². The maximum Gasteiger partial charge on any atom is -0.0212 e. The van der Waals surface area contributed by atoms with Crippen molar-refractivity contribution in [2.24, 2.45) is 93.2 Å². The van der Waals surface area contributed by atoms with Gasteiger partial charge in [0.25, 0.3) is 0 Å². The van der Waals surface area contributed by atoms with Crippen LogP contribution < -0.4 is 0 Å². The molecule has 0 N–H and O–H groups in total. The molecule has 0 aromatic carbocycles. The fraction of sp³-hybridized carbons (Fsp3) is 1.00. The maximum atomic E-state index is 2.80. The Morgan fingerprint density at radius 3 is 1.94 bits per heavy atom. The van der Waals surface area contributed by atoms with Crippen molar-refractivity contribution >= 4 is 0 Å². The first-order chi connectivity index (χ1) is 15.7. The molecule has 4 aliphatic rings. The fourth-order valence-electron chi connectivity index (χ4n) is 13.5. The summed E-state index contributed by atoms with van der Waals surface area (Å²) in [6.07, 6.45) is 7.25. The zero-order valence-electron chi connectivity index (χ0n) is 25.5. The molecule has 0 aromatic heterocycles. The molecular formula is C34H62. The van der Waals surface area contributed by atoms with Crippen LogP contribution in [-0.4, -0.2) is 0 Å². The van der Waals surface area contributed by atoms with Crippen molar-refractivity contribution in [2.45, 2.75) is 122 Å². The van der Waals surface area contributed by atoms with Gasteiger partial charge in [0.05, 0.1) is 0 Å². The first kappa shape index (κ1) is 27.0. The van der Waals surface area contributed by atoms with Gasteiger partial charge in [-0.1, -0.05) is 103 Å². The highest BCUT2D eigenvalue weighted by Gasteiger charge is 2.70. The lowest BCUT2D eigenvalue weighted by atomic mass is 9.29. The van der Waals surface area contributed by atoms with Crippen LogP contribution in [0.15, 0.2) is 0 Å². The van der Waals surface area contributed by atoms with Crippen molar-refractivity contribution < 1.29 is 0 Å². The molecule has 34 heavy (non-hydrogen) atoms. The normalized spacial score (nSPS) is 59.8. The van der Waals surface area contributed by atoms with Crippen molar-refractivity contribution in [1.82, 2.24) is 0 Å². The Kier molecular flexibility index (Phi) is 6.99. The molecule has 4 rings (SSSR count). The molecule has 0 heterocycles. The standard InChI is InChI=1S/C34H62/c1-14-26-16-20(5)21(6)30-23(8)31-25(10)34(13)24(9)29(19(3)4)22(7)28(15-2)33(34,12)18-32(31,11)17-27(26)30/h19-31H,14-18H2,1-13H3. The summed E-state index contributed by atoms with van der Waals surface area (Å²) < 4.78 is 0. The quantitative estimate of drug-likeness (QED) is 0.385. The second-order valence-corrected chi connectivity index (χ2v) is 15.9. The molecule has 0 aliphatic heterocycles. The van der Waals surface area contributed by atoms with E-state index >= 15 is 0 Å². The molecule has 4 fully saturated rings. The van der Waals surface area contributed by atoms with Crippen LogP contribution in [-0.2, 0) is 0 Å². The average molecular weight is 471 g/mol. The second-order valence-electron chi connectivity index (χ2n) is 15.9. The van der Waals surface area contributed by atoms with E-state index in [0.717, 1.165) is 76.9 Å². The van der Waals surface area contributed by atoms with Crippen molar-refractivity contribution in [3.05, 3.63) is 0 Å². The van der Waals surface area contributed by atoms with Crippen molar-refractivity contribution in [1.29, 1.82) is 0 Å². The Morgan fingerprint density at radius 1 is 0.794 bits per heavy atom. The third-order valence-corrected chi connectivity index (χ3v) is 14.8. The topological polar surface area (TPSA) is 0 Å². The van der Waals surface area contributed by atoms with Gasteiger partial charge in [0.15, 0.2) is 0 Å². The van der Waals surface area contributed by atoms with Crippen molar-refractivity contribution in [3.8, 4) is 0 Å². The minimum Gasteiger partial charge on any atom is -0.0651 e. The molecule has 198 valence electrons. The summed E-state index contributed by atoms with van der Waals surface area (Å²) in [4.78, 5) is 0. The molecule has 0 heteroatoms. The first-order valence-electron chi connectivity index (χ1n) is 15.7. The summed E-state index contributed by atoms with van der Waals surface area (Å²) in [6, 6.07) is 0. The molecule has 0 bridgehead atoms. The largest absolute Gasteiger partial charge is 0.0651 e. The van der Waals surface area contributed by atoms with Crippen LogP contribution in [0.2, 0.25) is 0 Å². The van der Waals surface area contributed by atoms with Gasteiger partial charge < -0.3 is 0 Å². The van der Waals surface area contributed by atoms with Gasteiger partial charge in [0.2, 0.25) is 0 Å². The van der Waals surface area contributed by atoms with Gasteiger partial charge in [0.1, 0.15) is 0 Å². The Bertz CT molecular complexity index is 736. The van der Waals surface area contributed by atoms with E-state index in [1.807, 2.05) is 0 Å². The van der Waals surface area contributed by atoms with Gasteiger partial charge in [-0.2, -0.15) is 0 Å². The molecule has 15 unspecified atom stereocenters. The molecule has 4 aliphatic carbocycles. The van der Waals surface area contributed by atoms with E-state index in [4.69, 9.17) is 0 Å². The lowest BCUT2D eigenvalue weighted by Crippen LogP contribution is -2.69. The number of hydrogen-bond acceptors (Lipinski definition) is 0. The molecule has 0 radical (unpaired) electrons. The highest BCUT2D eigenvalue weighted by molar-refractivity contribution is 5.18. The smallest absolute Gasteiger partial charge is 0.0212 e. The van der Waals surface area contributed by atoms with E-state index in [-0.39, 0.29) is 0 Å². The summed E-state index contributed by atoms with van der Waals surface area (Å²) in [5.41, 5.74) is 1.41. The van der Waals surface area contributed by atoms with Gasteiger partial charge in [-0.3, -0.25) is 0 Å². The molecular weight excluding hydrogens is 408 g/mol. The van der Waals surface area contributed by atoms with Crippen LogP contribution in [0.25, 0.3) is 0 Å². The van der Waals surface area contributed by atoms with E-state index in [1.54, 1.807) is 0 Å². The summed E-state index contributed by atoms with van der Waals surface area (Å²) >= 11 is 0. The van der Waals surface area contributed by atoms with Gasteiger partial charge >= 0.3 is 0 Å². The average Bonchev–Trinajstić information content (AvgIpc) is 2.73. The van der Waals surface area contributed by atoms with E-state index in [2.05, 4.69) is 90.0 Å². The zero-order valence-corrected chi connectivity index (χ0v) is 25.5. The van der Waals surface area contributed by atoms with E-state index in [9.17, 15) is 0 Å². The molecule has 0 saturated heterocycles. The molecule has 4 saturated carbocycles. The highest BCUT2D eigenvalue weighted by atomic mass is 14.7. The molecule has 15 atom stereocenters. The number of rotatable bonds is 3. The molecule has 0 spiro atoms. The predicted molar refractivity (Wildman–Crippen MR) is 150 cm³/mol. The van der Waals surface area contributed by atoms with E-state index in [1.165, 1.54) is 32.1 Å². The Hall–Kier alpha value is 0. The fourth-order valence-corrected chi connectivity index (χ4v) is 13.5. The van der Waals surface area contributed by atoms with Gasteiger partial charge in [-0.15, -0.1) is 0 Å². The highest BCUT2D eigenvalue weighted by Crippen LogP contribution is 2.77. The van der Waals surface area contributed by atoms with E-state index in [0.29, 0.717) is 16.2 Å². The Morgan fingerprint density at radius 2 is 1.41 bits per heavy atom. The summed E-state index contributed by atoms with van der Waals surface area (Å²) in [7, 11) is 0.